The average molecular weight is 358 g/mol. The maximum atomic E-state index is 12.5. The summed E-state index contributed by atoms with van der Waals surface area (Å²) in [5.74, 6) is 0.892. The number of anilines is 1. The summed E-state index contributed by atoms with van der Waals surface area (Å²) < 4.78 is 6.65. The van der Waals surface area contributed by atoms with Crippen molar-refractivity contribution in [3.05, 3.63) is 47.7 Å². The van der Waals surface area contributed by atoms with E-state index in [1.54, 1.807) is 17.7 Å². The van der Waals surface area contributed by atoms with Gasteiger partial charge in [0.2, 0.25) is 11.1 Å². The van der Waals surface area contributed by atoms with Gasteiger partial charge in [-0.3, -0.25) is 4.79 Å². The smallest absolute Gasteiger partial charge is 0.239 e. The van der Waals surface area contributed by atoms with Crippen molar-refractivity contribution in [1.82, 2.24) is 25.4 Å². The number of nitrogens with zero attached hydrogens (tertiary/aromatic N) is 5. The van der Waals surface area contributed by atoms with Crippen LogP contribution in [0, 0.1) is 6.92 Å². The molecule has 2 aromatic heterocycles. The molecule has 2 heterocycles. The van der Waals surface area contributed by atoms with Gasteiger partial charge in [0.15, 0.2) is 5.82 Å². The summed E-state index contributed by atoms with van der Waals surface area (Å²) in [6.07, 6.45) is 0.630. The lowest BCUT2D eigenvalue weighted by atomic mass is 10.2. The van der Waals surface area contributed by atoms with Crippen LogP contribution >= 0.6 is 11.8 Å². The van der Waals surface area contributed by atoms with Crippen molar-refractivity contribution >= 4 is 23.5 Å². The lowest BCUT2D eigenvalue weighted by molar-refractivity contribution is -0.115. The normalized spacial score (nSPS) is 12.1. The molecule has 25 heavy (non-hydrogen) atoms. The molecular weight excluding hydrogens is 340 g/mol. The maximum absolute atomic E-state index is 12.5. The summed E-state index contributed by atoms with van der Waals surface area (Å²) in [6, 6.07) is 11.6. The molecule has 3 rings (SSSR count). The lowest BCUT2D eigenvalue weighted by Crippen LogP contribution is -2.25. The van der Waals surface area contributed by atoms with Crippen molar-refractivity contribution in [3.8, 4) is 0 Å². The Morgan fingerprint density at radius 2 is 2.16 bits per heavy atom. The Bertz CT molecular complexity index is 832. The number of aromatic nitrogens is 5. The van der Waals surface area contributed by atoms with Crippen LogP contribution in [-0.2, 0) is 11.3 Å². The molecule has 0 saturated carbocycles. The van der Waals surface area contributed by atoms with Crippen molar-refractivity contribution in [3.63, 3.8) is 0 Å². The molecule has 0 spiro atoms. The largest absolute Gasteiger partial charge is 0.360 e. The van der Waals surface area contributed by atoms with Crippen molar-refractivity contribution in [2.24, 2.45) is 0 Å². The van der Waals surface area contributed by atoms with E-state index in [1.807, 2.05) is 37.3 Å². The van der Waals surface area contributed by atoms with Gasteiger partial charge in [0.25, 0.3) is 0 Å². The molecule has 0 aliphatic heterocycles. The van der Waals surface area contributed by atoms with E-state index in [0.29, 0.717) is 29.7 Å². The topological polar surface area (TPSA) is 98.7 Å². The van der Waals surface area contributed by atoms with Gasteiger partial charge in [0.1, 0.15) is 5.76 Å². The van der Waals surface area contributed by atoms with Gasteiger partial charge in [0.05, 0.1) is 11.8 Å². The predicted molar refractivity (Wildman–Crippen MR) is 93.2 cm³/mol. The van der Waals surface area contributed by atoms with Crippen LogP contribution < -0.4 is 5.32 Å². The minimum atomic E-state index is -0.336. The van der Waals surface area contributed by atoms with E-state index >= 15 is 0 Å². The van der Waals surface area contributed by atoms with Gasteiger partial charge in [-0.2, -0.15) is 0 Å². The molecule has 8 nitrogen and oxygen atoms in total. The molecule has 0 aliphatic carbocycles. The highest BCUT2D eigenvalue weighted by Gasteiger charge is 2.22. The van der Waals surface area contributed by atoms with Crippen LogP contribution in [0.3, 0.4) is 0 Å². The van der Waals surface area contributed by atoms with Gasteiger partial charge in [-0.1, -0.05) is 54.2 Å². The zero-order valence-corrected chi connectivity index (χ0v) is 14.7. The maximum Gasteiger partial charge on any atom is 0.239 e. The second-order valence-electron chi connectivity index (χ2n) is 5.43. The number of thioether (sulfide) groups is 1. The van der Waals surface area contributed by atoms with Crippen LogP contribution in [0.1, 0.15) is 24.7 Å². The highest BCUT2D eigenvalue weighted by molar-refractivity contribution is 8.00. The minimum absolute atomic E-state index is 0.157. The Morgan fingerprint density at radius 3 is 2.84 bits per heavy atom. The monoisotopic (exact) mass is 358 g/mol. The first-order valence-electron chi connectivity index (χ1n) is 7.86. The van der Waals surface area contributed by atoms with Crippen molar-refractivity contribution in [1.29, 1.82) is 0 Å². The van der Waals surface area contributed by atoms with Crippen LogP contribution in [0.15, 0.2) is 46.1 Å². The van der Waals surface area contributed by atoms with E-state index in [9.17, 15) is 4.79 Å². The van der Waals surface area contributed by atoms with Crippen LogP contribution in [-0.4, -0.2) is 36.5 Å². The van der Waals surface area contributed by atoms with Crippen LogP contribution in [0.25, 0.3) is 0 Å². The molecule has 130 valence electrons. The van der Waals surface area contributed by atoms with E-state index in [0.717, 1.165) is 5.56 Å². The molecule has 0 bridgehead atoms. The molecule has 9 heteroatoms. The fraction of sp³-hybridized carbons (Fsp3) is 0.312. The second-order valence-corrected chi connectivity index (χ2v) is 6.60. The van der Waals surface area contributed by atoms with Crippen molar-refractivity contribution in [2.45, 2.75) is 37.2 Å². The number of benzene rings is 1. The Balaban J connectivity index is 1.67. The molecule has 1 unspecified atom stereocenters. The number of tetrazole rings is 1. The number of aryl methyl sites for hydroxylation is 1. The zero-order chi connectivity index (χ0) is 17.6. The first-order valence-corrected chi connectivity index (χ1v) is 8.74. The van der Waals surface area contributed by atoms with E-state index in [1.165, 1.54) is 11.8 Å². The summed E-state index contributed by atoms with van der Waals surface area (Å²) in [4.78, 5) is 12.5. The molecule has 1 atom stereocenters. The van der Waals surface area contributed by atoms with Gasteiger partial charge < -0.3 is 9.84 Å². The molecule has 0 saturated heterocycles. The second kappa shape index (κ2) is 7.93. The van der Waals surface area contributed by atoms with E-state index in [4.69, 9.17) is 4.52 Å². The summed E-state index contributed by atoms with van der Waals surface area (Å²) >= 11 is 1.33. The highest BCUT2D eigenvalue weighted by atomic mass is 32.2. The molecule has 0 aliphatic rings. The first kappa shape index (κ1) is 17.2. The molecule has 0 radical (unpaired) electrons. The van der Waals surface area contributed by atoms with Crippen molar-refractivity contribution in [2.75, 3.05) is 5.32 Å². The predicted octanol–water partition coefficient (Wildman–Crippen LogP) is 2.53. The Kier molecular flexibility index (Phi) is 5.44. The number of hydrogen-bond donors (Lipinski definition) is 1. The standard InChI is InChI=1S/C16H18N6O2S/c1-3-13(15(23)17-14-9-11(2)24-19-14)25-16-18-20-21-22(16)10-12-7-5-4-6-8-12/h4-9,13H,3,10H2,1-2H3,(H,17,19,23). The lowest BCUT2D eigenvalue weighted by Gasteiger charge is -2.13. The summed E-state index contributed by atoms with van der Waals surface area (Å²) in [6.45, 7) is 4.26. The SMILES string of the molecule is CCC(Sc1nnnn1Cc1ccccc1)C(=O)Nc1cc(C)on1. The number of hydrogen-bond acceptors (Lipinski definition) is 7. The fourth-order valence-corrected chi connectivity index (χ4v) is 3.11. The molecule has 1 N–H and O–H groups in total. The number of amides is 1. The third-order valence-corrected chi connectivity index (χ3v) is 4.80. The fourth-order valence-electron chi connectivity index (χ4n) is 2.22. The summed E-state index contributed by atoms with van der Waals surface area (Å²) in [7, 11) is 0. The number of rotatable bonds is 7. The number of nitrogens with one attached hydrogen (secondary N) is 1. The van der Waals surface area contributed by atoms with Crippen molar-refractivity contribution < 1.29 is 9.32 Å². The summed E-state index contributed by atoms with van der Waals surface area (Å²) in [5, 5.41) is 18.6. The van der Waals surface area contributed by atoms with Gasteiger partial charge in [0, 0.05) is 6.07 Å². The Hall–Kier alpha value is -2.68. The molecule has 1 amide bonds. The third kappa shape index (κ3) is 4.44. The number of carbonyl (C=O) groups excluding carboxylic acids is 1. The molecule has 3 aromatic rings. The summed E-state index contributed by atoms with van der Waals surface area (Å²) in [5.41, 5.74) is 1.09. The number of carbonyl (C=O) groups is 1. The van der Waals surface area contributed by atoms with E-state index in [2.05, 4.69) is 26.0 Å². The molecule has 1 aromatic carbocycles. The molecule has 0 fully saturated rings. The Labute approximate surface area is 149 Å². The van der Waals surface area contributed by atoms with Gasteiger partial charge in [-0.15, -0.1) is 5.10 Å². The quantitative estimate of drug-likeness (QED) is 0.648. The van der Waals surface area contributed by atoms with Crippen LogP contribution in [0.5, 0.6) is 0 Å². The zero-order valence-electron chi connectivity index (χ0n) is 13.9. The highest BCUT2D eigenvalue weighted by Crippen LogP contribution is 2.24. The van der Waals surface area contributed by atoms with E-state index in [-0.39, 0.29) is 11.2 Å². The van der Waals surface area contributed by atoms with Gasteiger partial charge in [-0.25, -0.2) is 4.68 Å². The average Bonchev–Trinajstić information content (AvgIpc) is 3.22. The minimum Gasteiger partial charge on any atom is -0.360 e. The van der Waals surface area contributed by atoms with Crippen LogP contribution in [0.4, 0.5) is 5.82 Å². The van der Waals surface area contributed by atoms with E-state index < -0.39 is 0 Å². The first-order chi connectivity index (χ1) is 12.2. The Morgan fingerprint density at radius 1 is 1.36 bits per heavy atom. The van der Waals surface area contributed by atoms with Gasteiger partial charge >= 0.3 is 0 Å². The van der Waals surface area contributed by atoms with Crippen LogP contribution in [0.2, 0.25) is 0 Å². The third-order valence-electron chi connectivity index (χ3n) is 3.46. The van der Waals surface area contributed by atoms with Gasteiger partial charge in [-0.05, 0) is 29.3 Å². The molecular formula is C16H18N6O2S.